The lowest BCUT2D eigenvalue weighted by atomic mass is 9.97. The fourth-order valence-electron chi connectivity index (χ4n) is 3.60. The van der Waals surface area contributed by atoms with E-state index in [4.69, 9.17) is 5.84 Å². The number of rotatable bonds is 1. The van der Waals surface area contributed by atoms with Gasteiger partial charge in [-0.15, -0.1) is 0 Å². The van der Waals surface area contributed by atoms with Gasteiger partial charge in [0.1, 0.15) is 11.4 Å². The van der Waals surface area contributed by atoms with Gasteiger partial charge in [0, 0.05) is 35.1 Å². The van der Waals surface area contributed by atoms with Crippen LogP contribution in [0.3, 0.4) is 0 Å². The maximum Gasteiger partial charge on any atom is 0.151 e. The Balaban J connectivity index is 1.87. The van der Waals surface area contributed by atoms with Gasteiger partial charge in [0.15, 0.2) is 5.82 Å². The van der Waals surface area contributed by atoms with Gasteiger partial charge in [-0.05, 0) is 41.5 Å². The monoisotopic (exact) mass is 329 g/mol. The Morgan fingerprint density at radius 3 is 2.68 bits per heavy atom. The van der Waals surface area contributed by atoms with Crippen molar-refractivity contribution >= 4 is 16.9 Å². The van der Waals surface area contributed by atoms with Crippen LogP contribution >= 0.6 is 0 Å². The van der Waals surface area contributed by atoms with Crippen molar-refractivity contribution in [1.82, 2.24) is 15.0 Å². The van der Waals surface area contributed by atoms with Gasteiger partial charge in [-0.25, -0.2) is 15.8 Å². The molecule has 4 N–H and O–H groups in total. The van der Waals surface area contributed by atoms with Gasteiger partial charge in [-0.1, -0.05) is 12.1 Å². The van der Waals surface area contributed by atoms with E-state index in [-0.39, 0.29) is 11.8 Å². The van der Waals surface area contributed by atoms with Crippen LogP contribution in [0.1, 0.15) is 17.2 Å². The van der Waals surface area contributed by atoms with Crippen molar-refractivity contribution in [3.63, 3.8) is 0 Å². The number of pyridine rings is 2. The largest absolute Gasteiger partial charge is 0.508 e. The molecule has 0 radical (unpaired) electrons. The number of aromatic nitrogens is 3. The van der Waals surface area contributed by atoms with Crippen molar-refractivity contribution < 1.29 is 5.11 Å². The number of nitrogens with zero attached hydrogens (tertiary/aromatic N) is 3. The topological polar surface area (TPSA) is 91.1 Å². The molecule has 0 amide bonds. The number of phenolic OH excluding ortho intramolecular Hbond substituents is 1. The number of fused-ring (bicyclic) bond motifs is 2. The van der Waals surface area contributed by atoms with Crippen molar-refractivity contribution in [2.45, 2.75) is 6.04 Å². The minimum absolute atomic E-state index is 0.223. The van der Waals surface area contributed by atoms with Crippen LogP contribution in [-0.2, 0) is 0 Å². The van der Waals surface area contributed by atoms with E-state index in [2.05, 4.69) is 15.0 Å². The number of hydrogen-bond acceptors (Lipinski definition) is 5. The number of phenols is 1. The van der Waals surface area contributed by atoms with Crippen LogP contribution < -0.4 is 10.9 Å². The Kier molecular flexibility index (Phi) is 2.83. The summed E-state index contributed by atoms with van der Waals surface area (Å²) < 4.78 is 0. The number of hydrazine groups is 1. The molecule has 5 rings (SSSR count). The molecule has 0 saturated heterocycles. The second-order valence-electron chi connectivity index (χ2n) is 6.10. The standard InChI is InChI=1S/C19H15N5O/c20-24-17(11-3-5-12(25)6-4-11)15-10-23-18-16(15)13(7-9-21-18)14-2-1-8-22-19(14)24/h1-10,17,25H,20H2,(H,21,23). The maximum absolute atomic E-state index is 9.63. The zero-order valence-electron chi connectivity index (χ0n) is 13.2. The molecule has 1 unspecified atom stereocenters. The molecule has 0 fully saturated rings. The van der Waals surface area contributed by atoms with Crippen LogP contribution in [0, 0.1) is 0 Å². The van der Waals surface area contributed by atoms with E-state index in [1.165, 1.54) is 0 Å². The van der Waals surface area contributed by atoms with Crippen molar-refractivity contribution in [2.24, 2.45) is 5.84 Å². The average molecular weight is 329 g/mol. The smallest absolute Gasteiger partial charge is 0.151 e. The lowest BCUT2D eigenvalue weighted by Crippen LogP contribution is -2.36. The molecule has 0 bridgehead atoms. The zero-order valence-corrected chi connectivity index (χ0v) is 13.2. The molecule has 0 spiro atoms. The van der Waals surface area contributed by atoms with Crippen LogP contribution in [0.2, 0.25) is 0 Å². The summed E-state index contributed by atoms with van der Waals surface area (Å²) in [5.74, 6) is 7.48. The molecule has 3 aromatic heterocycles. The van der Waals surface area contributed by atoms with E-state index < -0.39 is 0 Å². The zero-order chi connectivity index (χ0) is 17.0. The van der Waals surface area contributed by atoms with Crippen LogP contribution in [0.5, 0.6) is 5.75 Å². The Bertz CT molecular complexity index is 1090. The number of nitrogens with one attached hydrogen (secondary N) is 1. The molecule has 25 heavy (non-hydrogen) atoms. The summed E-state index contributed by atoms with van der Waals surface area (Å²) in [6, 6.07) is 12.8. The molecule has 1 atom stereocenters. The Morgan fingerprint density at radius 2 is 1.84 bits per heavy atom. The number of nitrogens with two attached hydrogens (primary N) is 1. The van der Waals surface area contributed by atoms with Crippen LogP contribution in [0.4, 0.5) is 5.82 Å². The summed E-state index contributed by atoms with van der Waals surface area (Å²) >= 11 is 0. The molecule has 6 heteroatoms. The lowest BCUT2D eigenvalue weighted by molar-refractivity contribution is 0.475. The van der Waals surface area contributed by atoms with E-state index in [0.717, 1.165) is 33.3 Å². The van der Waals surface area contributed by atoms with Gasteiger partial charge >= 0.3 is 0 Å². The highest BCUT2D eigenvalue weighted by molar-refractivity contribution is 6.00. The van der Waals surface area contributed by atoms with Gasteiger partial charge < -0.3 is 10.1 Å². The number of benzene rings is 1. The van der Waals surface area contributed by atoms with Crippen LogP contribution in [0.25, 0.3) is 22.2 Å². The third-order valence-corrected chi connectivity index (χ3v) is 4.71. The maximum atomic E-state index is 9.63. The fraction of sp³-hybridized carbons (Fsp3) is 0.0526. The quantitative estimate of drug-likeness (QED) is 0.467. The van der Waals surface area contributed by atoms with Crippen molar-refractivity contribution in [1.29, 1.82) is 0 Å². The molecule has 1 aliphatic rings. The van der Waals surface area contributed by atoms with Gasteiger partial charge in [0.05, 0.1) is 6.04 Å². The number of aromatic amines is 1. The first-order valence-electron chi connectivity index (χ1n) is 7.98. The summed E-state index contributed by atoms with van der Waals surface area (Å²) in [5, 5.41) is 12.4. The summed E-state index contributed by atoms with van der Waals surface area (Å²) in [6.07, 6.45) is 5.48. The molecule has 122 valence electrons. The van der Waals surface area contributed by atoms with Crippen LogP contribution in [-0.4, -0.2) is 20.1 Å². The van der Waals surface area contributed by atoms with Crippen molar-refractivity contribution in [3.05, 3.63) is 72.2 Å². The fourth-order valence-corrected chi connectivity index (χ4v) is 3.60. The van der Waals surface area contributed by atoms with Gasteiger partial charge in [0.2, 0.25) is 0 Å². The number of anilines is 1. The Morgan fingerprint density at radius 1 is 1.00 bits per heavy atom. The summed E-state index contributed by atoms with van der Waals surface area (Å²) in [5.41, 5.74) is 4.85. The normalized spacial score (nSPS) is 15.9. The summed E-state index contributed by atoms with van der Waals surface area (Å²) in [6.45, 7) is 0. The first-order valence-corrected chi connectivity index (χ1v) is 7.98. The highest BCUT2D eigenvalue weighted by Crippen LogP contribution is 2.44. The molecular weight excluding hydrogens is 314 g/mol. The molecule has 1 aromatic carbocycles. The third kappa shape index (κ3) is 1.95. The summed E-state index contributed by atoms with van der Waals surface area (Å²) in [4.78, 5) is 12.2. The van der Waals surface area contributed by atoms with E-state index in [9.17, 15) is 5.11 Å². The highest BCUT2D eigenvalue weighted by atomic mass is 16.3. The minimum Gasteiger partial charge on any atom is -0.508 e. The van der Waals surface area contributed by atoms with Gasteiger partial charge in [-0.3, -0.25) is 5.01 Å². The second kappa shape index (κ2) is 5.06. The predicted molar refractivity (Wildman–Crippen MR) is 95.9 cm³/mol. The molecule has 6 nitrogen and oxygen atoms in total. The highest BCUT2D eigenvalue weighted by Gasteiger charge is 2.31. The van der Waals surface area contributed by atoms with Crippen molar-refractivity contribution in [3.8, 4) is 16.9 Å². The number of H-pyrrole nitrogens is 1. The molecular formula is C19H15N5O. The SMILES string of the molecule is NN1c2ncccc2-c2ccnc3[nH]cc(c23)C1c1ccc(O)cc1. The van der Waals surface area contributed by atoms with Gasteiger partial charge in [-0.2, -0.15) is 0 Å². The molecule has 0 aliphatic carbocycles. The lowest BCUT2D eigenvalue weighted by Gasteiger charge is -2.28. The summed E-state index contributed by atoms with van der Waals surface area (Å²) in [7, 11) is 0. The second-order valence-corrected chi connectivity index (χ2v) is 6.10. The minimum atomic E-state index is -0.242. The molecule has 4 aromatic rings. The molecule has 0 saturated carbocycles. The first kappa shape index (κ1) is 14.0. The molecule has 4 heterocycles. The van der Waals surface area contributed by atoms with E-state index in [0.29, 0.717) is 5.82 Å². The first-order chi connectivity index (χ1) is 12.2. The number of aromatic hydroxyl groups is 1. The third-order valence-electron chi connectivity index (χ3n) is 4.71. The van der Waals surface area contributed by atoms with E-state index >= 15 is 0 Å². The van der Waals surface area contributed by atoms with Gasteiger partial charge in [0.25, 0.3) is 0 Å². The molecule has 1 aliphatic heterocycles. The number of hydrogen-bond donors (Lipinski definition) is 3. The predicted octanol–water partition coefficient (Wildman–Crippen LogP) is 3.11. The Hall–Kier alpha value is -3.38. The van der Waals surface area contributed by atoms with Crippen LogP contribution in [0.15, 0.2) is 61.1 Å². The Labute approximate surface area is 143 Å². The van der Waals surface area contributed by atoms with Crippen molar-refractivity contribution in [2.75, 3.05) is 5.01 Å². The van der Waals surface area contributed by atoms with E-state index in [1.54, 1.807) is 29.5 Å². The average Bonchev–Trinajstić information content (AvgIpc) is 3.03. The van der Waals surface area contributed by atoms with E-state index in [1.807, 2.05) is 36.5 Å².